The highest BCUT2D eigenvalue weighted by atomic mass is 32.2. The lowest BCUT2D eigenvalue weighted by Crippen LogP contribution is -2.58. The van der Waals surface area contributed by atoms with Crippen LogP contribution in [-0.4, -0.2) is 54.7 Å². The molecule has 1 heterocycles. The molecule has 2 N–H and O–H groups in total. The van der Waals surface area contributed by atoms with Crippen LogP contribution in [0, 0.1) is 22.7 Å². The van der Waals surface area contributed by atoms with Crippen LogP contribution in [0.1, 0.15) is 41.5 Å². The van der Waals surface area contributed by atoms with E-state index in [-0.39, 0.29) is 23.0 Å². The van der Waals surface area contributed by atoms with E-state index in [2.05, 4.69) is 4.72 Å². The quantitative estimate of drug-likeness (QED) is 0.758. The summed E-state index contributed by atoms with van der Waals surface area (Å²) < 4.78 is 26.4. The maximum Gasteiger partial charge on any atom is 0.326 e. The van der Waals surface area contributed by atoms with E-state index < -0.39 is 39.4 Å². The van der Waals surface area contributed by atoms with E-state index in [1.807, 2.05) is 13.8 Å². The molecule has 1 aliphatic carbocycles. The number of amides is 1. The van der Waals surface area contributed by atoms with Crippen molar-refractivity contribution in [2.45, 2.75) is 53.6 Å². The minimum absolute atomic E-state index is 0.0673. The molecule has 1 saturated carbocycles. The number of aliphatic carboxylic acids is 1. The van der Waals surface area contributed by atoms with Gasteiger partial charge in [-0.2, -0.15) is 0 Å². The summed E-state index contributed by atoms with van der Waals surface area (Å²) in [7, 11) is -3.58. The van der Waals surface area contributed by atoms with E-state index in [4.69, 9.17) is 0 Å². The number of hydrogen-bond donors (Lipinski definition) is 2. The second kappa shape index (κ2) is 5.69. The van der Waals surface area contributed by atoms with Crippen molar-refractivity contribution in [1.29, 1.82) is 0 Å². The van der Waals surface area contributed by atoms with Crippen LogP contribution >= 0.6 is 0 Å². The molecular formula is C16H28N2O5S. The van der Waals surface area contributed by atoms with Gasteiger partial charge in [0.15, 0.2) is 0 Å². The molecule has 4 atom stereocenters. The summed E-state index contributed by atoms with van der Waals surface area (Å²) in [6, 6.07) is -1.86. The van der Waals surface area contributed by atoms with Crippen LogP contribution in [0.3, 0.4) is 0 Å². The van der Waals surface area contributed by atoms with Gasteiger partial charge in [0, 0.05) is 12.5 Å². The van der Waals surface area contributed by atoms with Crippen molar-refractivity contribution in [1.82, 2.24) is 9.62 Å². The average Bonchev–Trinajstić information content (AvgIpc) is 2.82. The molecule has 8 heteroatoms. The summed E-state index contributed by atoms with van der Waals surface area (Å²) in [5.41, 5.74) is -0.745. The molecule has 1 amide bonds. The van der Waals surface area contributed by atoms with Crippen LogP contribution in [0.4, 0.5) is 0 Å². The smallest absolute Gasteiger partial charge is 0.326 e. The molecule has 2 fully saturated rings. The van der Waals surface area contributed by atoms with E-state index in [1.165, 1.54) is 11.8 Å². The van der Waals surface area contributed by atoms with Gasteiger partial charge < -0.3 is 10.0 Å². The van der Waals surface area contributed by atoms with Gasteiger partial charge >= 0.3 is 5.97 Å². The molecule has 0 spiro atoms. The normalized spacial score (nSPS) is 29.9. The Hall–Kier alpha value is -1.15. The summed E-state index contributed by atoms with van der Waals surface area (Å²) in [5.74, 6) is -1.51. The third kappa shape index (κ3) is 3.18. The number of carboxylic acid groups (broad SMARTS) is 1. The fraction of sp³-hybridized carbons (Fsp3) is 0.875. The number of hydrogen-bond acceptors (Lipinski definition) is 4. The number of carboxylic acids is 1. The summed E-state index contributed by atoms with van der Waals surface area (Å²) in [4.78, 5) is 26.1. The van der Waals surface area contributed by atoms with Crippen LogP contribution in [0.2, 0.25) is 0 Å². The highest BCUT2D eigenvalue weighted by Gasteiger charge is 2.70. The van der Waals surface area contributed by atoms with E-state index in [0.717, 1.165) is 0 Å². The highest BCUT2D eigenvalue weighted by Crippen LogP contribution is 2.65. The summed E-state index contributed by atoms with van der Waals surface area (Å²) in [5, 5.41) is 9.59. The average molecular weight is 360 g/mol. The van der Waals surface area contributed by atoms with Crippen molar-refractivity contribution in [3.63, 3.8) is 0 Å². The first-order valence-corrected chi connectivity index (χ1v) is 9.92. The molecule has 0 aromatic rings. The molecule has 0 bridgehead atoms. The number of nitrogens with zero attached hydrogens (tertiary/aromatic N) is 1. The lowest BCUT2D eigenvalue weighted by atomic mass is 9.86. The number of carbonyl (C=O) groups is 2. The number of sulfonamides is 1. The Balaban J connectivity index is 2.29. The van der Waals surface area contributed by atoms with Gasteiger partial charge in [0.05, 0.1) is 5.75 Å². The van der Waals surface area contributed by atoms with Crippen LogP contribution < -0.4 is 4.72 Å². The molecule has 0 aromatic heterocycles. The van der Waals surface area contributed by atoms with Gasteiger partial charge in [0.1, 0.15) is 12.1 Å². The summed E-state index contributed by atoms with van der Waals surface area (Å²) in [6.07, 6.45) is 0. The largest absolute Gasteiger partial charge is 0.480 e. The number of carbonyl (C=O) groups excluding carboxylic acids is 1. The first kappa shape index (κ1) is 19.2. The van der Waals surface area contributed by atoms with Gasteiger partial charge in [-0.15, -0.1) is 0 Å². The zero-order valence-corrected chi connectivity index (χ0v) is 16.0. The van der Waals surface area contributed by atoms with Crippen molar-refractivity contribution in [2.75, 3.05) is 12.3 Å². The monoisotopic (exact) mass is 360 g/mol. The van der Waals surface area contributed by atoms with Gasteiger partial charge in [0.2, 0.25) is 15.9 Å². The SMILES string of the molecule is CCS(=O)(=O)NC(C(=O)N1C[C@H]2[C@@H]([C@H]1C(=O)O)C2(C)C)C(C)(C)C. The number of piperidine rings is 1. The lowest BCUT2D eigenvalue weighted by Gasteiger charge is -2.36. The van der Waals surface area contributed by atoms with Gasteiger partial charge in [-0.05, 0) is 23.7 Å². The zero-order chi connectivity index (χ0) is 18.7. The lowest BCUT2D eigenvalue weighted by molar-refractivity contribution is -0.152. The molecule has 1 unspecified atom stereocenters. The Morgan fingerprint density at radius 1 is 1.33 bits per heavy atom. The van der Waals surface area contributed by atoms with Crippen LogP contribution in [0.25, 0.3) is 0 Å². The second-order valence-corrected chi connectivity index (χ2v) is 10.6. The second-order valence-electron chi connectivity index (χ2n) is 8.55. The van der Waals surface area contributed by atoms with E-state index in [9.17, 15) is 23.1 Å². The maximum absolute atomic E-state index is 13.0. The van der Waals surface area contributed by atoms with Gasteiger partial charge in [0.25, 0.3) is 0 Å². The number of likely N-dealkylation sites (tertiary alicyclic amines) is 1. The Labute approximate surface area is 143 Å². The van der Waals surface area contributed by atoms with Crippen LogP contribution in [0.15, 0.2) is 0 Å². The van der Waals surface area contributed by atoms with Crippen molar-refractivity contribution in [3.8, 4) is 0 Å². The molecule has 1 saturated heterocycles. The first-order chi connectivity index (χ1) is 10.7. The Morgan fingerprint density at radius 3 is 2.29 bits per heavy atom. The van der Waals surface area contributed by atoms with Gasteiger partial charge in [-0.3, -0.25) is 4.79 Å². The molecule has 2 rings (SSSR count). The van der Waals surface area contributed by atoms with Crippen LogP contribution in [0.5, 0.6) is 0 Å². The Bertz CT molecular complexity index is 650. The highest BCUT2D eigenvalue weighted by molar-refractivity contribution is 7.89. The maximum atomic E-state index is 13.0. The Morgan fingerprint density at radius 2 is 1.88 bits per heavy atom. The number of rotatable bonds is 5. The predicted molar refractivity (Wildman–Crippen MR) is 89.7 cm³/mol. The molecule has 0 radical (unpaired) electrons. The van der Waals surface area contributed by atoms with Gasteiger partial charge in [-0.1, -0.05) is 34.6 Å². The van der Waals surface area contributed by atoms with Crippen LogP contribution in [-0.2, 0) is 19.6 Å². The summed E-state index contributed by atoms with van der Waals surface area (Å²) in [6.45, 7) is 11.2. The summed E-state index contributed by atoms with van der Waals surface area (Å²) >= 11 is 0. The number of nitrogens with one attached hydrogen (secondary N) is 1. The Kier molecular flexibility index (Phi) is 4.55. The molecule has 1 aliphatic heterocycles. The standard InChI is InChI=1S/C16H28N2O5S/c1-7-24(22,23)17-12(15(2,3)4)13(19)18-8-9-10(16(9,5)6)11(18)14(20)21/h9-12,17H,7-8H2,1-6H3,(H,20,21)/t9-,10-,11-,12?/m0/s1. The minimum atomic E-state index is -3.58. The van der Waals surface area contributed by atoms with Crippen molar-refractivity contribution < 1.29 is 23.1 Å². The van der Waals surface area contributed by atoms with Crippen molar-refractivity contribution >= 4 is 21.9 Å². The zero-order valence-electron chi connectivity index (χ0n) is 15.2. The predicted octanol–water partition coefficient (Wildman–Crippen LogP) is 0.908. The van der Waals surface area contributed by atoms with E-state index >= 15 is 0 Å². The first-order valence-electron chi connectivity index (χ1n) is 8.27. The third-order valence-corrected chi connectivity index (χ3v) is 6.89. The minimum Gasteiger partial charge on any atom is -0.480 e. The molecule has 2 aliphatic rings. The number of fused-ring (bicyclic) bond motifs is 1. The van der Waals surface area contributed by atoms with Gasteiger partial charge in [-0.25, -0.2) is 17.9 Å². The fourth-order valence-corrected chi connectivity index (χ4v) is 4.80. The van der Waals surface area contributed by atoms with Crippen molar-refractivity contribution in [3.05, 3.63) is 0 Å². The molecule has 0 aromatic carbocycles. The molecular weight excluding hydrogens is 332 g/mol. The third-order valence-electron chi connectivity index (χ3n) is 5.54. The van der Waals surface area contributed by atoms with E-state index in [0.29, 0.717) is 6.54 Å². The topological polar surface area (TPSA) is 104 Å². The van der Waals surface area contributed by atoms with E-state index in [1.54, 1.807) is 20.8 Å². The fourth-order valence-electron chi connectivity index (χ4n) is 3.82. The van der Waals surface area contributed by atoms with Crippen molar-refractivity contribution in [2.24, 2.45) is 22.7 Å². The molecule has 138 valence electrons. The molecule has 24 heavy (non-hydrogen) atoms. The molecule has 7 nitrogen and oxygen atoms in total.